The summed E-state index contributed by atoms with van der Waals surface area (Å²) >= 11 is 0. The van der Waals surface area contributed by atoms with Crippen molar-refractivity contribution in [2.45, 2.75) is 19.1 Å². The van der Waals surface area contributed by atoms with Gasteiger partial charge in [-0.2, -0.15) is 0 Å². The van der Waals surface area contributed by atoms with Gasteiger partial charge in [-0.05, 0) is 0 Å². The van der Waals surface area contributed by atoms with Crippen LogP contribution in [0.3, 0.4) is 0 Å². The average Bonchev–Trinajstić information content (AvgIpc) is 1.86. The first-order valence-corrected chi connectivity index (χ1v) is 2.48. The van der Waals surface area contributed by atoms with Crippen molar-refractivity contribution < 1.29 is 0 Å². The molecular weight excluding hydrogens is 68.5 g/mol. The van der Waals surface area contributed by atoms with Gasteiger partial charge in [0.15, 0.2) is 0 Å². The van der Waals surface area contributed by atoms with E-state index in [1.807, 2.05) is 0 Å². The minimum atomic E-state index is 0.421. The van der Waals surface area contributed by atoms with Crippen molar-refractivity contribution >= 4 is 21.4 Å². The van der Waals surface area contributed by atoms with E-state index in [2.05, 4.69) is 7.17 Å². The number of rotatable bonds is 0. The monoisotopic (exact) mass is 75.1 g/mol. The normalized spacial score (nSPS) is 21.0. The summed E-state index contributed by atoms with van der Waals surface area (Å²) in [4.78, 5) is 0. The van der Waals surface area contributed by atoms with Gasteiger partial charge in [-0.15, -0.1) is 0 Å². The molecule has 0 spiro atoms. The molecule has 0 amide bonds. The summed E-state index contributed by atoms with van der Waals surface area (Å²) in [5.74, 6) is 0. The van der Waals surface area contributed by atoms with E-state index in [9.17, 15) is 0 Å². The molecule has 0 aliphatic carbocycles. The molecule has 6 heavy (non-hydrogen) atoms. The molecule has 0 nitrogen and oxygen atoms in total. The van der Waals surface area contributed by atoms with Crippen LogP contribution in [-0.2, 0) is 0 Å². The predicted molar refractivity (Wildman–Crippen MR) is 31.5 cm³/mol. The van der Waals surface area contributed by atoms with E-state index in [1.54, 1.807) is 0 Å². The molecule has 0 unspecified atom stereocenters. The summed E-state index contributed by atoms with van der Waals surface area (Å²) in [6.07, 6.45) is 3.75. The molecule has 0 aromatic heterocycles. The minimum Gasteiger partial charge on any atom is -0.0902 e. The Morgan fingerprint density at radius 2 is 2.50 bits per heavy atom. The molecule has 1 aliphatic heterocycles. The minimum absolute atomic E-state index is 0.421. The summed E-state index contributed by atoms with van der Waals surface area (Å²) in [6.45, 7) is 0.421. The summed E-state index contributed by atoms with van der Waals surface area (Å²) < 4.78 is 0. The molecule has 0 aromatic rings. The van der Waals surface area contributed by atoms with Crippen LogP contribution in [0.25, 0.3) is 0 Å². The maximum atomic E-state index is 5.48. The fourth-order valence-corrected chi connectivity index (χ4v) is 0.803. The summed E-state index contributed by atoms with van der Waals surface area (Å²) in [5, 5.41) is 0. The molecule has 3 heteroatoms. The SMILES string of the molecule is [B]B1[B]CCC1. The van der Waals surface area contributed by atoms with Crippen molar-refractivity contribution in [3.05, 3.63) is 0 Å². The highest BCUT2D eigenvalue weighted by Crippen LogP contribution is 2.07. The van der Waals surface area contributed by atoms with Gasteiger partial charge in [0, 0.05) is 7.74 Å². The highest BCUT2D eigenvalue weighted by molar-refractivity contribution is 7.35. The Morgan fingerprint density at radius 1 is 1.67 bits per heavy atom. The number of hydrogen-bond donors (Lipinski definition) is 0. The molecule has 0 aromatic carbocycles. The maximum absolute atomic E-state index is 5.48. The Kier molecular flexibility index (Phi) is 1.28. The summed E-state index contributed by atoms with van der Waals surface area (Å²) in [5.41, 5.74) is 0. The van der Waals surface area contributed by atoms with Gasteiger partial charge in [0.1, 0.15) is 0 Å². The molecule has 27 valence electrons. The third kappa shape index (κ3) is 0.827. The highest BCUT2D eigenvalue weighted by atomic mass is 13.7. The van der Waals surface area contributed by atoms with Crippen molar-refractivity contribution in [1.82, 2.24) is 0 Å². The average molecular weight is 74.5 g/mol. The van der Waals surface area contributed by atoms with Gasteiger partial charge >= 0.3 is 0 Å². The van der Waals surface area contributed by atoms with Crippen LogP contribution in [0.5, 0.6) is 0 Å². The van der Waals surface area contributed by atoms with E-state index in [-0.39, 0.29) is 0 Å². The van der Waals surface area contributed by atoms with Crippen molar-refractivity contribution in [3.63, 3.8) is 0 Å². The Balaban J connectivity index is 2.18. The smallest absolute Gasteiger partial charge is 0.0644 e. The molecule has 1 rings (SSSR count). The second-order valence-corrected chi connectivity index (χ2v) is 1.83. The van der Waals surface area contributed by atoms with Crippen molar-refractivity contribution in [3.8, 4) is 0 Å². The lowest BCUT2D eigenvalue weighted by Gasteiger charge is -1.85. The van der Waals surface area contributed by atoms with Crippen LogP contribution >= 0.6 is 0 Å². The lowest BCUT2D eigenvalue weighted by molar-refractivity contribution is 1.09. The van der Waals surface area contributed by atoms with E-state index >= 15 is 0 Å². The van der Waals surface area contributed by atoms with Crippen molar-refractivity contribution in [2.24, 2.45) is 0 Å². The standard InChI is InChI=1S/C3H6B3/c4-6-3-1-2-5-6/h1-3H2. The highest BCUT2D eigenvalue weighted by Gasteiger charge is 2.11. The van der Waals surface area contributed by atoms with Crippen LogP contribution in [0.2, 0.25) is 12.6 Å². The van der Waals surface area contributed by atoms with Gasteiger partial charge in [0.05, 0.1) is 13.7 Å². The second kappa shape index (κ2) is 1.77. The first kappa shape index (κ1) is 4.36. The molecule has 0 atom stereocenters. The molecule has 0 bridgehead atoms. The molecule has 1 saturated heterocycles. The Hall–Kier alpha value is 0.195. The van der Waals surface area contributed by atoms with E-state index < -0.39 is 0 Å². The topological polar surface area (TPSA) is 0 Å². The first-order valence-electron chi connectivity index (χ1n) is 2.48. The third-order valence-corrected chi connectivity index (χ3v) is 1.21. The molecule has 0 saturated carbocycles. The van der Waals surface area contributed by atoms with E-state index in [1.165, 1.54) is 19.1 Å². The Labute approximate surface area is 41.4 Å². The molecule has 3 radical (unpaired) electrons. The lowest BCUT2D eigenvalue weighted by atomic mass is 9.12. The fourth-order valence-electron chi connectivity index (χ4n) is 0.803. The van der Waals surface area contributed by atoms with Crippen molar-refractivity contribution in [2.75, 3.05) is 0 Å². The van der Waals surface area contributed by atoms with Gasteiger partial charge in [-0.1, -0.05) is 19.1 Å². The lowest BCUT2D eigenvalue weighted by Crippen LogP contribution is -2.14. The van der Waals surface area contributed by atoms with Gasteiger partial charge in [0.25, 0.3) is 0 Å². The van der Waals surface area contributed by atoms with E-state index in [0.717, 1.165) is 0 Å². The zero-order valence-corrected chi connectivity index (χ0v) is 3.85. The van der Waals surface area contributed by atoms with Crippen LogP contribution in [0.4, 0.5) is 0 Å². The van der Waals surface area contributed by atoms with Gasteiger partial charge in [-0.25, -0.2) is 0 Å². The number of hydrogen-bond acceptors (Lipinski definition) is 0. The summed E-state index contributed by atoms with van der Waals surface area (Å²) in [6, 6.07) is 0. The van der Waals surface area contributed by atoms with Crippen LogP contribution < -0.4 is 0 Å². The maximum Gasteiger partial charge on any atom is 0.0644 e. The van der Waals surface area contributed by atoms with Gasteiger partial charge in [0.2, 0.25) is 0 Å². The predicted octanol–water partition coefficient (Wildman–Crippen LogP) is 0.169. The van der Waals surface area contributed by atoms with Crippen LogP contribution in [-0.4, -0.2) is 21.4 Å². The van der Waals surface area contributed by atoms with Crippen molar-refractivity contribution in [1.29, 1.82) is 0 Å². The van der Waals surface area contributed by atoms with Gasteiger partial charge < -0.3 is 0 Å². The third-order valence-electron chi connectivity index (χ3n) is 1.21. The zero-order chi connectivity index (χ0) is 4.41. The molecule has 1 heterocycles. The molecular formula is C3H6B3. The van der Waals surface area contributed by atoms with Crippen LogP contribution in [0, 0.1) is 0 Å². The van der Waals surface area contributed by atoms with E-state index in [0.29, 0.717) is 6.49 Å². The largest absolute Gasteiger partial charge is 0.0902 e. The van der Waals surface area contributed by atoms with E-state index in [4.69, 9.17) is 7.74 Å². The van der Waals surface area contributed by atoms with Gasteiger partial charge in [-0.3, -0.25) is 0 Å². The molecule has 0 N–H and O–H groups in total. The first-order chi connectivity index (χ1) is 2.89. The molecule has 1 fully saturated rings. The van der Waals surface area contributed by atoms with Crippen LogP contribution in [0.15, 0.2) is 0 Å². The van der Waals surface area contributed by atoms with Crippen LogP contribution in [0.1, 0.15) is 6.42 Å². The molecule has 1 aliphatic rings. The second-order valence-electron chi connectivity index (χ2n) is 1.83. The summed E-state index contributed by atoms with van der Waals surface area (Å²) in [7, 11) is 7.66. The quantitative estimate of drug-likeness (QED) is 0.359. The fraction of sp³-hybridized carbons (Fsp3) is 1.00. The zero-order valence-electron chi connectivity index (χ0n) is 3.85. The Morgan fingerprint density at radius 3 is 2.67 bits per heavy atom. The Bertz CT molecular complexity index is 39.3.